The molecule has 0 atom stereocenters. The van der Waals surface area contributed by atoms with E-state index in [9.17, 15) is 4.79 Å². The summed E-state index contributed by atoms with van der Waals surface area (Å²) in [6.45, 7) is 6.22. The lowest BCUT2D eigenvalue weighted by atomic mass is 10.1. The van der Waals surface area contributed by atoms with Crippen molar-refractivity contribution in [2.45, 2.75) is 32.7 Å². The topological polar surface area (TPSA) is 150 Å². The van der Waals surface area contributed by atoms with Crippen LogP contribution in [0.25, 0.3) is 10.9 Å². The Balaban J connectivity index is 0.00000145. The van der Waals surface area contributed by atoms with Gasteiger partial charge in [-0.2, -0.15) is 9.59 Å². The summed E-state index contributed by atoms with van der Waals surface area (Å²) in [4.78, 5) is 33.7. The number of anilines is 1. The number of hydrogen-bond donors (Lipinski definition) is 3. The lowest BCUT2D eigenvalue weighted by Gasteiger charge is -2.27. The van der Waals surface area contributed by atoms with Crippen LogP contribution in [-0.4, -0.2) is 54.6 Å². The van der Waals surface area contributed by atoms with Gasteiger partial charge in [-0.3, -0.25) is 9.78 Å². The first kappa shape index (κ1) is 28.1. The van der Waals surface area contributed by atoms with E-state index in [0.29, 0.717) is 41.5 Å². The van der Waals surface area contributed by atoms with E-state index in [1.807, 2.05) is 45.0 Å². The first-order valence-corrected chi connectivity index (χ1v) is 11.2. The second-order valence-corrected chi connectivity index (χ2v) is 8.50. The fraction of sp³-hybridized carbons (Fsp3) is 0.346. The number of nitrogens with two attached hydrogens (primary N) is 1. The van der Waals surface area contributed by atoms with Crippen LogP contribution in [0.15, 0.2) is 42.5 Å². The highest BCUT2D eigenvalue weighted by molar-refractivity contribution is 5.96. The number of aliphatic hydroxyl groups is 1. The number of aliphatic hydroxyl groups excluding tert-OH is 1. The lowest BCUT2D eigenvalue weighted by Crippen LogP contribution is -2.47. The van der Waals surface area contributed by atoms with Gasteiger partial charge in [-0.25, -0.2) is 0 Å². The first-order chi connectivity index (χ1) is 17.1. The maximum absolute atomic E-state index is 12.9. The molecule has 2 aromatic carbocycles. The van der Waals surface area contributed by atoms with E-state index >= 15 is 0 Å². The molecule has 1 aromatic heterocycles. The molecule has 192 valence electrons. The highest BCUT2D eigenvalue weighted by Gasteiger charge is 2.24. The minimum absolute atomic E-state index is 0.0225. The highest BCUT2D eigenvalue weighted by atomic mass is 16.5. The number of nitrogen functional groups attached to an aromatic ring is 1. The summed E-state index contributed by atoms with van der Waals surface area (Å²) in [5, 5.41) is 12.7. The van der Waals surface area contributed by atoms with Crippen molar-refractivity contribution in [2.75, 3.05) is 32.7 Å². The Morgan fingerprint density at radius 1 is 1.11 bits per heavy atom. The minimum atomic E-state index is -0.677. The number of ether oxygens (including phenoxy) is 3. The van der Waals surface area contributed by atoms with Crippen LogP contribution in [0.3, 0.4) is 0 Å². The van der Waals surface area contributed by atoms with Gasteiger partial charge in [0.1, 0.15) is 12.4 Å². The van der Waals surface area contributed by atoms with E-state index in [0.717, 1.165) is 16.6 Å². The molecule has 10 heteroatoms. The quantitative estimate of drug-likeness (QED) is 0.359. The van der Waals surface area contributed by atoms with Gasteiger partial charge in [-0.1, -0.05) is 6.07 Å². The Morgan fingerprint density at radius 3 is 2.50 bits per heavy atom. The number of methoxy groups -OCH3 is 1. The third-order valence-electron chi connectivity index (χ3n) is 4.98. The van der Waals surface area contributed by atoms with Crippen LogP contribution in [0.1, 0.15) is 36.3 Å². The van der Waals surface area contributed by atoms with Crippen molar-refractivity contribution in [2.24, 2.45) is 0 Å². The number of nitrogens with zero attached hydrogens (tertiary/aromatic N) is 1. The molecule has 0 aliphatic rings. The molecule has 4 N–H and O–H groups in total. The van der Waals surface area contributed by atoms with Crippen molar-refractivity contribution in [3.05, 3.63) is 53.7 Å². The number of aryl methyl sites for hydroxylation is 1. The zero-order valence-electron chi connectivity index (χ0n) is 20.8. The van der Waals surface area contributed by atoms with Crippen LogP contribution in [0.4, 0.5) is 5.69 Å². The van der Waals surface area contributed by atoms with Crippen LogP contribution in [0, 0.1) is 6.92 Å². The number of benzene rings is 2. The predicted molar refractivity (Wildman–Crippen MR) is 133 cm³/mol. The van der Waals surface area contributed by atoms with E-state index in [-0.39, 0.29) is 25.3 Å². The normalized spacial score (nSPS) is 10.6. The van der Waals surface area contributed by atoms with Gasteiger partial charge < -0.3 is 30.4 Å². The number of pyridine rings is 1. The summed E-state index contributed by atoms with van der Waals surface area (Å²) in [5.74, 6) is 1.31. The van der Waals surface area contributed by atoms with E-state index in [1.165, 1.54) is 7.11 Å². The summed E-state index contributed by atoms with van der Waals surface area (Å²) in [7, 11) is 1.53. The molecule has 36 heavy (non-hydrogen) atoms. The molecule has 0 aliphatic heterocycles. The fourth-order valence-electron chi connectivity index (χ4n) is 3.39. The molecule has 0 saturated heterocycles. The molecular formula is C26H31N3O7. The summed E-state index contributed by atoms with van der Waals surface area (Å²) in [6, 6.07) is 12.4. The van der Waals surface area contributed by atoms with Crippen molar-refractivity contribution in [3.8, 4) is 17.2 Å². The van der Waals surface area contributed by atoms with Gasteiger partial charge >= 0.3 is 6.15 Å². The molecule has 0 bridgehead atoms. The maximum Gasteiger partial charge on any atom is 0.373 e. The van der Waals surface area contributed by atoms with Gasteiger partial charge in [-0.15, -0.1) is 0 Å². The minimum Gasteiger partial charge on any atom is -0.493 e. The van der Waals surface area contributed by atoms with Crippen molar-refractivity contribution < 1.29 is 33.7 Å². The van der Waals surface area contributed by atoms with Crippen LogP contribution in [0.5, 0.6) is 17.2 Å². The van der Waals surface area contributed by atoms with E-state index in [1.54, 1.807) is 18.2 Å². The summed E-state index contributed by atoms with van der Waals surface area (Å²) in [5.41, 5.74) is 8.16. The molecule has 3 aromatic rings. The molecule has 0 aliphatic carbocycles. The number of aromatic nitrogens is 1. The standard InChI is InChI=1S/C25H31N3O5.CO2/c1-16-13-18(26)23-19(27-16)7-5-8-21(23)33-15-25(2,3)28-24(30)17-9-10-20(31-4)22(14-17)32-12-6-11-29;2-1-3/h5,7-10,13-14,29H,6,11-12,15H2,1-4H3,(H2,26,27)(H,28,30);. The van der Waals surface area contributed by atoms with Crippen LogP contribution >= 0.6 is 0 Å². The number of fused-ring (bicyclic) bond motifs is 1. The third-order valence-corrected chi connectivity index (χ3v) is 4.98. The SMILES string of the molecule is COc1ccc(C(=O)NC(C)(C)COc2cccc3nc(C)cc(N)c23)cc1OCCCO.O=C=O. The summed E-state index contributed by atoms with van der Waals surface area (Å²) in [6.07, 6.45) is 0.734. The van der Waals surface area contributed by atoms with Crippen molar-refractivity contribution in [1.29, 1.82) is 0 Å². The van der Waals surface area contributed by atoms with Gasteiger partial charge in [0.25, 0.3) is 5.91 Å². The number of amides is 1. The molecule has 0 fully saturated rings. The summed E-state index contributed by atoms with van der Waals surface area (Å²) >= 11 is 0. The number of carbonyl (C=O) groups is 1. The zero-order valence-corrected chi connectivity index (χ0v) is 20.8. The Morgan fingerprint density at radius 2 is 1.83 bits per heavy atom. The second-order valence-electron chi connectivity index (χ2n) is 8.50. The van der Waals surface area contributed by atoms with Crippen molar-refractivity contribution in [3.63, 3.8) is 0 Å². The molecule has 1 heterocycles. The molecule has 0 unspecified atom stereocenters. The van der Waals surface area contributed by atoms with Crippen LogP contribution < -0.4 is 25.3 Å². The van der Waals surface area contributed by atoms with Gasteiger partial charge in [0.2, 0.25) is 0 Å². The average Bonchev–Trinajstić information content (AvgIpc) is 2.82. The van der Waals surface area contributed by atoms with E-state index in [2.05, 4.69) is 10.3 Å². The lowest BCUT2D eigenvalue weighted by molar-refractivity contribution is -0.191. The fourth-order valence-corrected chi connectivity index (χ4v) is 3.39. The van der Waals surface area contributed by atoms with Gasteiger partial charge in [0.05, 0.1) is 30.2 Å². The summed E-state index contributed by atoms with van der Waals surface area (Å²) < 4.78 is 17.0. The molecule has 0 radical (unpaired) electrons. The van der Waals surface area contributed by atoms with E-state index in [4.69, 9.17) is 34.6 Å². The smallest absolute Gasteiger partial charge is 0.373 e. The van der Waals surface area contributed by atoms with Crippen molar-refractivity contribution >= 4 is 28.6 Å². The Bertz CT molecular complexity index is 1220. The van der Waals surface area contributed by atoms with E-state index < -0.39 is 5.54 Å². The van der Waals surface area contributed by atoms with Crippen LogP contribution in [0.2, 0.25) is 0 Å². The number of carbonyl (C=O) groups excluding carboxylic acids is 3. The van der Waals surface area contributed by atoms with Crippen molar-refractivity contribution in [1.82, 2.24) is 10.3 Å². The predicted octanol–water partition coefficient (Wildman–Crippen LogP) is 2.90. The number of rotatable bonds is 10. The number of nitrogens with one attached hydrogen (secondary N) is 1. The first-order valence-electron chi connectivity index (χ1n) is 11.2. The van der Waals surface area contributed by atoms with Gasteiger partial charge in [-0.05, 0) is 57.2 Å². The second kappa shape index (κ2) is 13.1. The Labute approximate surface area is 209 Å². The highest BCUT2D eigenvalue weighted by Crippen LogP contribution is 2.31. The maximum atomic E-state index is 12.9. The molecular weight excluding hydrogens is 466 g/mol. The molecule has 1 amide bonds. The van der Waals surface area contributed by atoms with Crippen LogP contribution in [-0.2, 0) is 9.59 Å². The third kappa shape index (κ3) is 7.69. The molecule has 10 nitrogen and oxygen atoms in total. The monoisotopic (exact) mass is 497 g/mol. The van der Waals surface area contributed by atoms with Gasteiger partial charge in [0.15, 0.2) is 11.5 Å². The Kier molecular flexibility index (Phi) is 10.2. The zero-order chi connectivity index (χ0) is 26.7. The molecule has 0 saturated carbocycles. The Hall–Kier alpha value is -4.14. The number of hydrogen-bond acceptors (Lipinski definition) is 9. The van der Waals surface area contributed by atoms with Gasteiger partial charge in [0, 0.05) is 30.0 Å². The molecule has 3 rings (SSSR count). The molecule has 0 spiro atoms. The average molecular weight is 498 g/mol. The largest absolute Gasteiger partial charge is 0.493 e.